The molecule has 0 fully saturated rings. The number of benzene rings is 4. The molecule has 1 heterocycles. The van der Waals surface area contributed by atoms with Gasteiger partial charge in [0.1, 0.15) is 15.9 Å². The minimum Gasteiger partial charge on any atom is -0.338 e. The number of nitrogens with zero attached hydrogens (tertiary/aromatic N) is 1. The van der Waals surface area contributed by atoms with Crippen molar-refractivity contribution in [3.8, 4) is 0 Å². The molecule has 0 atom stereocenters. The van der Waals surface area contributed by atoms with Gasteiger partial charge in [0.05, 0.1) is 6.33 Å². The molecular formula is C29H25ClN3O4PS. The van der Waals surface area contributed by atoms with E-state index in [1.807, 2.05) is 0 Å². The Bertz CT molecular complexity index is 1450. The first-order valence-corrected chi connectivity index (χ1v) is 15.2. The van der Waals surface area contributed by atoms with Crippen molar-refractivity contribution < 1.29 is 28.9 Å². The number of hydrogen-bond donors (Lipinski definition) is 2. The normalized spacial score (nSPS) is 11.3. The molecule has 10 heteroatoms. The number of H-pyrrole nitrogens is 1. The van der Waals surface area contributed by atoms with Crippen molar-refractivity contribution in [2.75, 3.05) is 5.32 Å². The van der Waals surface area contributed by atoms with Gasteiger partial charge in [-0.1, -0.05) is 84.5 Å². The first kappa shape index (κ1) is 28.5. The summed E-state index contributed by atoms with van der Waals surface area (Å²) in [4.78, 5) is 7.98. The second-order valence-corrected chi connectivity index (χ2v) is 13.0. The molecule has 0 aliphatic rings. The Morgan fingerprint density at radius 1 is 0.692 bits per heavy atom. The van der Waals surface area contributed by atoms with Crippen LogP contribution in [0.1, 0.15) is 5.56 Å². The van der Waals surface area contributed by atoms with Crippen molar-refractivity contribution in [2.45, 2.75) is 6.92 Å². The van der Waals surface area contributed by atoms with Crippen LogP contribution in [0.25, 0.3) is 0 Å². The Balaban J connectivity index is 0.000000648. The Morgan fingerprint density at radius 3 is 1.51 bits per heavy atom. The Labute approximate surface area is 234 Å². The van der Waals surface area contributed by atoms with Crippen LogP contribution in [-0.4, -0.2) is 9.97 Å². The summed E-state index contributed by atoms with van der Waals surface area (Å²) in [7, 11) is -7.33. The lowest BCUT2D eigenvalue weighted by Gasteiger charge is -2.28. The monoisotopic (exact) mass is 577 g/mol. The highest BCUT2D eigenvalue weighted by Gasteiger charge is 2.51. The van der Waals surface area contributed by atoms with E-state index in [9.17, 15) is 0 Å². The number of aryl methyl sites for hydroxylation is 1. The van der Waals surface area contributed by atoms with Crippen molar-refractivity contribution >= 4 is 52.2 Å². The zero-order valence-electron chi connectivity index (χ0n) is 20.9. The number of hydrogen-bond acceptors (Lipinski definition) is 7. The van der Waals surface area contributed by atoms with Crippen LogP contribution in [0.2, 0.25) is 0 Å². The highest BCUT2D eigenvalue weighted by Crippen LogP contribution is 2.55. The third-order valence-corrected chi connectivity index (χ3v) is 10.7. The fourth-order valence-electron chi connectivity index (χ4n) is 4.37. The minimum atomic E-state index is -4.94. The van der Waals surface area contributed by atoms with Crippen LogP contribution in [0.5, 0.6) is 0 Å². The lowest BCUT2D eigenvalue weighted by Crippen LogP contribution is -2.68. The van der Waals surface area contributed by atoms with E-state index in [1.54, 1.807) is 6.33 Å². The summed E-state index contributed by atoms with van der Waals surface area (Å²) in [5, 5.41) is 8.33. The maximum Gasteiger partial charge on any atom is 0.186 e. The van der Waals surface area contributed by atoms with Crippen molar-refractivity contribution in [1.29, 1.82) is 0 Å². The van der Waals surface area contributed by atoms with Gasteiger partial charge < -0.3 is 10.3 Å². The SMILES string of the molecule is Cc1ccc(Nc2[nH]cnc(=S)c2[P+](c2ccccc2)(c2ccccc2)c2ccccc2)cc1.[O-][Cl+3]([O-])([O-])[O-]. The van der Waals surface area contributed by atoms with Gasteiger partial charge in [-0.2, -0.15) is 0 Å². The lowest BCUT2D eigenvalue weighted by molar-refractivity contribution is -2.00. The van der Waals surface area contributed by atoms with Gasteiger partial charge in [0.2, 0.25) is 0 Å². The largest absolute Gasteiger partial charge is 0.338 e. The molecule has 5 rings (SSSR count). The minimum absolute atomic E-state index is 0.596. The first-order valence-electron chi connectivity index (χ1n) is 11.8. The molecule has 0 unspecified atom stereocenters. The summed E-state index contributed by atoms with van der Waals surface area (Å²) < 4.78 is 34.6. The molecule has 39 heavy (non-hydrogen) atoms. The van der Waals surface area contributed by atoms with Gasteiger partial charge in [0.25, 0.3) is 0 Å². The van der Waals surface area contributed by atoms with Gasteiger partial charge in [-0.3, -0.25) is 0 Å². The highest BCUT2D eigenvalue weighted by molar-refractivity contribution is 8.02. The molecule has 1 aromatic heterocycles. The lowest BCUT2D eigenvalue weighted by atomic mass is 10.2. The first-order chi connectivity index (χ1) is 18.7. The molecule has 7 nitrogen and oxygen atoms in total. The molecule has 4 aromatic carbocycles. The molecule has 0 radical (unpaired) electrons. The summed E-state index contributed by atoms with van der Waals surface area (Å²) in [6.07, 6.45) is 1.68. The summed E-state index contributed by atoms with van der Waals surface area (Å²) in [5.74, 6) is 0.869. The number of rotatable bonds is 6. The number of nitrogens with one attached hydrogen (secondary N) is 2. The van der Waals surface area contributed by atoms with Gasteiger partial charge in [-0.15, -0.1) is 10.2 Å². The topological polar surface area (TPSA) is 133 Å². The molecule has 0 saturated heterocycles. The maximum atomic E-state index is 8.49. The van der Waals surface area contributed by atoms with Crippen LogP contribution in [0.3, 0.4) is 0 Å². The van der Waals surface area contributed by atoms with E-state index >= 15 is 0 Å². The van der Waals surface area contributed by atoms with E-state index in [0.717, 1.165) is 16.8 Å². The van der Waals surface area contributed by atoms with Gasteiger partial charge in [0.15, 0.2) is 23.0 Å². The molecule has 5 aromatic rings. The van der Waals surface area contributed by atoms with Crippen LogP contribution in [0, 0.1) is 21.8 Å². The van der Waals surface area contributed by atoms with E-state index in [0.29, 0.717) is 4.64 Å². The smallest absolute Gasteiger partial charge is 0.186 e. The van der Waals surface area contributed by atoms with Crippen molar-refractivity contribution in [2.24, 2.45) is 0 Å². The quantitative estimate of drug-likeness (QED) is 0.228. The van der Waals surface area contributed by atoms with Crippen LogP contribution in [0.15, 0.2) is 122 Å². The fourth-order valence-corrected chi connectivity index (χ4v) is 9.26. The van der Waals surface area contributed by atoms with Gasteiger partial charge in [-0.05, 0) is 55.5 Å². The number of anilines is 2. The number of aromatic amines is 1. The third-order valence-electron chi connectivity index (χ3n) is 5.92. The average Bonchev–Trinajstić information content (AvgIpc) is 2.93. The molecule has 0 amide bonds. The summed E-state index contributed by atoms with van der Waals surface area (Å²) in [5.41, 5.74) is 2.21. The molecule has 198 valence electrons. The molecule has 0 saturated carbocycles. The van der Waals surface area contributed by atoms with Gasteiger partial charge in [0, 0.05) is 5.69 Å². The average molecular weight is 578 g/mol. The van der Waals surface area contributed by atoms with Crippen molar-refractivity contribution in [3.63, 3.8) is 0 Å². The molecule has 0 bridgehead atoms. The summed E-state index contributed by atoms with van der Waals surface area (Å²) in [6, 6.07) is 40.5. The predicted octanol–water partition coefficient (Wildman–Crippen LogP) is 1.05. The van der Waals surface area contributed by atoms with Crippen molar-refractivity contribution in [3.05, 3.63) is 132 Å². The third kappa shape index (κ3) is 6.95. The second kappa shape index (κ2) is 12.6. The molecule has 0 spiro atoms. The van der Waals surface area contributed by atoms with Crippen LogP contribution in [-0.2, 0) is 0 Å². The van der Waals surface area contributed by atoms with E-state index < -0.39 is 17.5 Å². The number of halogens is 1. The van der Waals surface area contributed by atoms with Crippen molar-refractivity contribution in [1.82, 2.24) is 9.97 Å². The Hall–Kier alpha value is -3.46. The zero-order chi connectivity index (χ0) is 27.9. The van der Waals surface area contributed by atoms with E-state index in [1.165, 1.54) is 21.5 Å². The van der Waals surface area contributed by atoms with Gasteiger partial charge >= 0.3 is 0 Å². The van der Waals surface area contributed by atoms with E-state index in [-0.39, 0.29) is 0 Å². The predicted molar refractivity (Wildman–Crippen MR) is 149 cm³/mol. The maximum absolute atomic E-state index is 8.49. The summed E-state index contributed by atoms with van der Waals surface area (Å²) in [6.45, 7) is 2.09. The van der Waals surface area contributed by atoms with Crippen LogP contribution in [0.4, 0.5) is 11.5 Å². The second-order valence-electron chi connectivity index (χ2n) is 8.48. The molecule has 2 N–H and O–H groups in total. The standard InChI is InChI=1S/C29H24N3PS.ClHO4/c1-22-17-19-23(20-18-22)32-28-27(29(34)31-21-30-28)33(24-11-5-2-6-12-24,25-13-7-3-8-14-25)26-15-9-4-10-16-26;2-1(3,4)5/h2-21H,1H3,(H-,30,31,32,34);(H,2,3,4,5). The number of aromatic nitrogens is 2. The molecule has 0 aliphatic heterocycles. The zero-order valence-corrected chi connectivity index (χ0v) is 23.3. The van der Waals surface area contributed by atoms with E-state index in [2.05, 4.69) is 137 Å². The Morgan fingerprint density at radius 2 is 1.10 bits per heavy atom. The Kier molecular flexibility index (Phi) is 9.22. The molecular weight excluding hydrogens is 553 g/mol. The molecule has 0 aliphatic carbocycles. The fraction of sp³-hybridized carbons (Fsp3) is 0.0345. The summed E-state index contributed by atoms with van der Waals surface area (Å²) >= 11 is 5.98. The van der Waals surface area contributed by atoms with Crippen LogP contribution < -0.4 is 45.2 Å². The van der Waals surface area contributed by atoms with E-state index in [4.69, 9.17) is 30.9 Å². The highest BCUT2D eigenvalue weighted by atomic mass is 35.7. The van der Waals surface area contributed by atoms with Gasteiger partial charge in [-0.25, -0.2) is 23.6 Å². The van der Waals surface area contributed by atoms with Crippen LogP contribution >= 0.6 is 19.5 Å².